The first-order valence-corrected chi connectivity index (χ1v) is 5.74. The van der Waals surface area contributed by atoms with Crippen LogP contribution in [-0.4, -0.2) is 10.3 Å². The van der Waals surface area contributed by atoms with Crippen LogP contribution in [0.2, 0.25) is 0 Å². The third-order valence-corrected chi connectivity index (χ3v) is 3.13. The molecule has 6 heteroatoms. The summed E-state index contributed by atoms with van der Waals surface area (Å²) in [6, 6.07) is 7.73. The molecule has 0 radical (unpaired) electrons. The maximum absolute atomic E-state index is 11.2. The van der Waals surface area contributed by atoms with Gasteiger partial charge in [0.25, 0.3) is 5.91 Å². The van der Waals surface area contributed by atoms with Gasteiger partial charge in [-0.3, -0.25) is 4.79 Å². The van der Waals surface area contributed by atoms with E-state index in [9.17, 15) is 4.79 Å². The van der Waals surface area contributed by atoms with E-state index in [2.05, 4.69) is 9.69 Å². The van der Waals surface area contributed by atoms with Crippen LogP contribution in [0.1, 0.15) is 15.9 Å². The van der Waals surface area contributed by atoms with Crippen LogP contribution in [0.15, 0.2) is 24.3 Å². The standard InChI is InChI=1S/C11H12N4OS/c1-6-4-2-3-5-7(6)14-11-8(10(13)16)9(12)15-17-11/h2-5,14H,1H3,(H2,12,15)(H2,13,16). The second-order valence-corrected chi connectivity index (χ2v) is 4.35. The van der Waals surface area contributed by atoms with E-state index in [1.54, 1.807) is 0 Å². The number of nitrogens with two attached hydrogens (primary N) is 2. The molecule has 0 atom stereocenters. The Hall–Kier alpha value is -2.08. The SMILES string of the molecule is Cc1ccccc1Nc1snc(N)c1C(N)=O. The fourth-order valence-corrected chi connectivity index (χ4v) is 2.19. The summed E-state index contributed by atoms with van der Waals surface area (Å²) in [5.74, 6) is -0.411. The van der Waals surface area contributed by atoms with Gasteiger partial charge in [0, 0.05) is 5.69 Å². The second kappa shape index (κ2) is 4.42. The van der Waals surface area contributed by atoms with E-state index in [1.165, 1.54) is 0 Å². The van der Waals surface area contributed by atoms with E-state index in [0.717, 1.165) is 22.8 Å². The minimum atomic E-state index is -0.577. The number of amides is 1. The number of rotatable bonds is 3. The third-order valence-electron chi connectivity index (χ3n) is 2.36. The molecule has 2 rings (SSSR count). The number of benzene rings is 1. The van der Waals surface area contributed by atoms with Gasteiger partial charge >= 0.3 is 0 Å². The van der Waals surface area contributed by atoms with Crippen LogP contribution in [0, 0.1) is 6.92 Å². The summed E-state index contributed by atoms with van der Waals surface area (Å²) in [7, 11) is 0. The Labute approximate surface area is 103 Å². The van der Waals surface area contributed by atoms with Crippen molar-refractivity contribution in [1.82, 2.24) is 4.37 Å². The summed E-state index contributed by atoms with van der Waals surface area (Å²) in [4.78, 5) is 11.2. The number of aromatic nitrogens is 1. The van der Waals surface area contributed by atoms with Crippen LogP contribution >= 0.6 is 11.5 Å². The highest BCUT2D eigenvalue weighted by Gasteiger charge is 2.16. The molecular formula is C11H12N4OS. The minimum Gasteiger partial charge on any atom is -0.382 e. The lowest BCUT2D eigenvalue weighted by Gasteiger charge is -2.07. The average Bonchev–Trinajstić information content (AvgIpc) is 2.63. The Kier molecular flexibility index (Phi) is 2.97. The topological polar surface area (TPSA) is 94.0 Å². The first-order chi connectivity index (χ1) is 8.09. The molecule has 1 amide bonds. The van der Waals surface area contributed by atoms with E-state index in [4.69, 9.17) is 11.5 Å². The molecule has 5 nitrogen and oxygen atoms in total. The zero-order valence-corrected chi connectivity index (χ0v) is 10.0. The lowest BCUT2D eigenvalue weighted by atomic mass is 10.2. The summed E-state index contributed by atoms with van der Waals surface area (Å²) >= 11 is 1.12. The molecule has 5 N–H and O–H groups in total. The molecule has 0 saturated heterocycles. The second-order valence-electron chi connectivity index (χ2n) is 3.58. The van der Waals surface area contributed by atoms with Gasteiger partial charge in [-0.2, -0.15) is 4.37 Å². The Morgan fingerprint density at radius 2 is 2.12 bits per heavy atom. The number of nitrogens with one attached hydrogen (secondary N) is 1. The van der Waals surface area contributed by atoms with E-state index in [1.807, 2.05) is 31.2 Å². The van der Waals surface area contributed by atoms with Gasteiger partial charge in [0.15, 0.2) is 5.82 Å². The van der Waals surface area contributed by atoms with Gasteiger partial charge in [0.2, 0.25) is 0 Å². The maximum Gasteiger partial charge on any atom is 0.255 e. The Balaban J connectivity index is 2.37. The molecule has 0 bridgehead atoms. The largest absolute Gasteiger partial charge is 0.382 e. The molecule has 0 saturated carbocycles. The van der Waals surface area contributed by atoms with Crippen molar-refractivity contribution < 1.29 is 4.79 Å². The fourth-order valence-electron chi connectivity index (χ4n) is 1.46. The lowest BCUT2D eigenvalue weighted by Crippen LogP contribution is -2.13. The number of nitrogen functional groups attached to an aromatic ring is 1. The van der Waals surface area contributed by atoms with Crippen molar-refractivity contribution in [1.29, 1.82) is 0 Å². The molecule has 0 aliphatic heterocycles. The summed E-state index contributed by atoms with van der Waals surface area (Å²) < 4.78 is 3.92. The summed E-state index contributed by atoms with van der Waals surface area (Å²) in [6.07, 6.45) is 0. The molecule has 0 aliphatic rings. The number of hydrogen-bond acceptors (Lipinski definition) is 5. The molecule has 88 valence electrons. The van der Waals surface area contributed by atoms with E-state index in [0.29, 0.717) is 5.00 Å². The van der Waals surface area contributed by atoms with Crippen LogP contribution in [-0.2, 0) is 0 Å². The highest BCUT2D eigenvalue weighted by atomic mass is 32.1. The number of carbonyl (C=O) groups excluding carboxylic acids is 1. The Morgan fingerprint density at radius 1 is 1.41 bits per heavy atom. The lowest BCUT2D eigenvalue weighted by molar-refractivity contribution is 0.100. The van der Waals surface area contributed by atoms with Gasteiger partial charge in [-0.15, -0.1) is 0 Å². The first-order valence-electron chi connectivity index (χ1n) is 4.97. The minimum absolute atomic E-state index is 0.165. The van der Waals surface area contributed by atoms with Gasteiger partial charge < -0.3 is 16.8 Å². The number of primary amides is 1. The normalized spacial score (nSPS) is 10.2. The van der Waals surface area contributed by atoms with Gasteiger partial charge in [-0.1, -0.05) is 18.2 Å². The predicted octanol–water partition coefficient (Wildman–Crippen LogP) is 1.88. The zero-order valence-electron chi connectivity index (χ0n) is 9.23. The van der Waals surface area contributed by atoms with Crippen molar-refractivity contribution in [3.63, 3.8) is 0 Å². The monoisotopic (exact) mass is 248 g/mol. The predicted molar refractivity (Wildman–Crippen MR) is 69.5 cm³/mol. The molecule has 0 fully saturated rings. The van der Waals surface area contributed by atoms with Gasteiger partial charge in [-0.05, 0) is 30.1 Å². The van der Waals surface area contributed by atoms with E-state index >= 15 is 0 Å². The highest BCUT2D eigenvalue weighted by molar-refractivity contribution is 7.11. The molecule has 1 aromatic heterocycles. The average molecular weight is 248 g/mol. The quantitative estimate of drug-likeness (QED) is 0.773. The summed E-state index contributed by atoms with van der Waals surface area (Å²) in [5.41, 5.74) is 13.1. The first kappa shape index (κ1) is 11.4. The molecule has 0 spiro atoms. The fraction of sp³-hybridized carbons (Fsp3) is 0.0909. The van der Waals surface area contributed by atoms with Crippen LogP contribution in [0.5, 0.6) is 0 Å². The molecule has 0 aliphatic carbocycles. The van der Waals surface area contributed by atoms with Crippen molar-refractivity contribution in [2.75, 3.05) is 11.1 Å². The zero-order chi connectivity index (χ0) is 12.4. The van der Waals surface area contributed by atoms with Gasteiger partial charge in [-0.25, -0.2) is 0 Å². The summed E-state index contributed by atoms with van der Waals surface area (Å²) in [5, 5.41) is 3.69. The third kappa shape index (κ3) is 2.21. The van der Waals surface area contributed by atoms with Crippen LogP contribution < -0.4 is 16.8 Å². The molecule has 2 aromatic rings. The number of anilines is 3. The van der Waals surface area contributed by atoms with Crippen LogP contribution in [0.3, 0.4) is 0 Å². The van der Waals surface area contributed by atoms with Crippen LogP contribution in [0.25, 0.3) is 0 Å². The van der Waals surface area contributed by atoms with Crippen molar-refractivity contribution in [2.45, 2.75) is 6.92 Å². The molecule has 17 heavy (non-hydrogen) atoms. The highest BCUT2D eigenvalue weighted by Crippen LogP contribution is 2.30. The van der Waals surface area contributed by atoms with Crippen molar-refractivity contribution in [2.24, 2.45) is 5.73 Å². The van der Waals surface area contributed by atoms with Crippen molar-refractivity contribution >= 4 is 33.9 Å². The molecule has 1 aromatic carbocycles. The molecular weight excluding hydrogens is 236 g/mol. The number of aryl methyl sites for hydroxylation is 1. The Morgan fingerprint density at radius 3 is 2.76 bits per heavy atom. The Bertz CT molecular complexity index is 564. The van der Waals surface area contributed by atoms with Gasteiger partial charge in [0.05, 0.1) is 0 Å². The number of carbonyl (C=O) groups is 1. The van der Waals surface area contributed by atoms with Crippen molar-refractivity contribution in [3.05, 3.63) is 35.4 Å². The molecule has 0 unspecified atom stereocenters. The van der Waals surface area contributed by atoms with E-state index < -0.39 is 5.91 Å². The van der Waals surface area contributed by atoms with Crippen molar-refractivity contribution in [3.8, 4) is 0 Å². The van der Waals surface area contributed by atoms with E-state index in [-0.39, 0.29) is 11.4 Å². The van der Waals surface area contributed by atoms with Crippen LogP contribution in [0.4, 0.5) is 16.5 Å². The summed E-state index contributed by atoms with van der Waals surface area (Å²) in [6.45, 7) is 1.97. The smallest absolute Gasteiger partial charge is 0.255 e. The molecule has 1 heterocycles. The number of hydrogen-bond donors (Lipinski definition) is 3. The maximum atomic E-state index is 11.2. The number of nitrogens with zero attached hydrogens (tertiary/aromatic N) is 1. The van der Waals surface area contributed by atoms with Gasteiger partial charge in [0.1, 0.15) is 10.6 Å². The number of para-hydroxylation sites is 1.